The molecule has 0 spiro atoms. The minimum absolute atomic E-state index is 0.636. The average Bonchev–Trinajstić information content (AvgIpc) is 3.31. The molecule has 2 aromatic heterocycles. The van der Waals surface area contributed by atoms with Crippen molar-refractivity contribution in [2.75, 3.05) is 20.2 Å². The van der Waals surface area contributed by atoms with Gasteiger partial charge in [0.05, 0.1) is 18.8 Å². The molecule has 140 valence electrons. The van der Waals surface area contributed by atoms with Crippen LogP contribution in [0.25, 0.3) is 5.65 Å². The van der Waals surface area contributed by atoms with E-state index in [1.165, 1.54) is 16.8 Å². The van der Waals surface area contributed by atoms with E-state index >= 15 is 0 Å². The fraction of sp³-hybridized carbons (Fsp3) is 0.333. The Labute approximate surface area is 159 Å². The first-order chi connectivity index (χ1) is 13.2. The Balaban J connectivity index is 1.29. The molecular formula is C21H25N5O. The highest BCUT2D eigenvalue weighted by molar-refractivity contribution is 5.79. The van der Waals surface area contributed by atoms with Crippen LogP contribution in [0.1, 0.15) is 22.5 Å². The van der Waals surface area contributed by atoms with Crippen molar-refractivity contribution in [1.29, 1.82) is 0 Å². The highest BCUT2D eigenvalue weighted by Crippen LogP contribution is 2.25. The van der Waals surface area contributed by atoms with Gasteiger partial charge in [-0.15, -0.1) is 0 Å². The summed E-state index contributed by atoms with van der Waals surface area (Å²) in [5.74, 6) is 1.82. The molecule has 3 heterocycles. The summed E-state index contributed by atoms with van der Waals surface area (Å²) in [4.78, 5) is 8.95. The van der Waals surface area contributed by atoms with E-state index in [0.717, 1.165) is 49.0 Å². The van der Waals surface area contributed by atoms with Crippen molar-refractivity contribution in [2.45, 2.75) is 26.3 Å². The summed E-state index contributed by atoms with van der Waals surface area (Å²) in [6.07, 6.45) is 4.03. The van der Waals surface area contributed by atoms with Crippen molar-refractivity contribution in [2.24, 2.45) is 4.99 Å². The van der Waals surface area contributed by atoms with Gasteiger partial charge in [0.15, 0.2) is 5.96 Å². The number of nitrogens with zero attached hydrogens (tertiary/aromatic N) is 3. The number of aliphatic imine (C=N–C) groups is 1. The topological polar surface area (TPSA) is 63.0 Å². The standard InChI is InChI=1S/C21H25N5O/c1-15-4-3-5-20-25-18(14-26(15)20)13-24-21(22-2)23-10-8-16-6-7-19-17(12-16)9-11-27-19/h3-7,12,14H,8-11,13H2,1-2H3,(H2,22,23,24). The van der Waals surface area contributed by atoms with Crippen molar-refractivity contribution in [3.05, 3.63) is 65.1 Å². The van der Waals surface area contributed by atoms with Gasteiger partial charge in [0.25, 0.3) is 0 Å². The predicted octanol–water partition coefficient (Wildman–Crippen LogP) is 2.49. The summed E-state index contributed by atoms with van der Waals surface area (Å²) in [6.45, 7) is 4.34. The van der Waals surface area contributed by atoms with Crippen molar-refractivity contribution >= 4 is 11.6 Å². The Kier molecular flexibility index (Phi) is 4.96. The van der Waals surface area contributed by atoms with Gasteiger partial charge in [0.1, 0.15) is 11.4 Å². The van der Waals surface area contributed by atoms with Crippen LogP contribution in [0.3, 0.4) is 0 Å². The summed E-state index contributed by atoms with van der Waals surface area (Å²) >= 11 is 0. The van der Waals surface area contributed by atoms with Gasteiger partial charge in [-0.2, -0.15) is 0 Å². The number of imidazole rings is 1. The second-order valence-corrected chi connectivity index (χ2v) is 6.77. The summed E-state index contributed by atoms with van der Waals surface area (Å²) in [6, 6.07) is 12.6. The molecule has 2 N–H and O–H groups in total. The smallest absolute Gasteiger partial charge is 0.191 e. The van der Waals surface area contributed by atoms with Crippen LogP contribution in [0.5, 0.6) is 5.75 Å². The number of hydrogen-bond donors (Lipinski definition) is 2. The van der Waals surface area contributed by atoms with Gasteiger partial charge < -0.3 is 19.8 Å². The molecule has 0 radical (unpaired) electrons. The Hall–Kier alpha value is -3.02. The minimum atomic E-state index is 0.636. The van der Waals surface area contributed by atoms with Crippen LogP contribution in [0, 0.1) is 6.92 Å². The third-order valence-corrected chi connectivity index (χ3v) is 4.87. The quantitative estimate of drug-likeness (QED) is 0.540. The zero-order valence-electron chi connectivity index (χ0n) is 15.8. The van der Waals surface area contributed by atoms with Crippen LogP contribution >= 0.6 is 0 Å². The number of ether oxygens (including phenoxy) is 1. The monoisotopic (exact) mass is 363 g/mol. The SMILES string of the molecule is CN=C(NCCc1ccc2c(c1)CCO2)NCc1cn2c(C)cccc2n1. The number of rotatable bonds is 5. The largest absolute Gasteiger partial charge is 0.493 e. The molecule has 3 aromatic rings. The van der Waals surface area contributed by atoms with E-state index in [-0.39, 0.29) is 0 Å². The summed E-state index contributed by atoms with van der Waals surface area (Å²) in [5.41, 5.74) is 5.77. The molecule has 1 aliphatic rings. The lowest BCUT2D eigenvalue weighted by atomic mass is 10.1. The summed E-state index contributed by atoms with van der Waals surface area (Å²) < 4.78 is 7.67. The molecule has 0 unspecified atom stereocenters. The second-order valence-electron chi connectivity index (χ2n) is 6.77. The third-order valence-electron chi connectivity index (χ3n) is 4.87. The lowest BCUT2D eigenvalue weighted by Crippen LogP contribution is -2.37. The van der Waals surface area contributed by atoms with Crippen LogP contribution in [0.2, 0.25) is 0 Å². The zero-order valence-corrected chi connectivity index (χ0v) is 15.8. The van der Waals surface area contributed by atoms with E-state index in [0.29, 0.717) is 6.54 Å². The lowest BCUT2D eigenvalue weighted by molar-refractivity contribution is 0.357. The Morgan fingerprint density at radius 1 is 1.26 bits per heavy atom. The number of nitrogens with one attached hydrogen (secondary N) is 2. The molecule has 1 aromatic carbocycles. The molecule has 0 aliphatic carbocycles. The molecule has 4 rings (SSSR count). The Morgan fingerprint density at radius 3 is 3.04 bits per heavy atom. The molecule has 6 heteroatoms. The molecule has 1 aliphatic heterocycles. The number of fused-ring (bicyclic) bond motifs is 2. The van der Waals surface area contributed by atoms with E-state index < -0.39 is 0 Å². The highest BCUT2D eigenvalue weighted by Gasteiger charge is 2.11. The average molecular weight is 363 g/mol. The molecule has 0 fully saturated rings. The van der Waals surface area contributed by atoms with Gasteiger partial charge >= 0.3 is 0 Å². The van der Waals surface area contributed by atoms with Gasteiger partial charge in [0.2, 0.25) is 0 Å². The molecule has 27 heavy (non-hydrogen) atoms. The highest BCUT2D eigenvalue weighted by atomic mass is 16.5. The van der Waals surface area contributed by atoms with E-state index in [1.54, 1.807) is 7.05 Å². The minimum Gasteiger partial charge on any atom is -0.493 e. The molecular weight excluding hydrogens is 338 g/mol. The molecule has 6 nitrogen and oxygen atoms in total. The predicted molar refractivity (Wildman–Crippen MR) is 107 cm³/mol. The van der Waals surface area contributed by atoms with Crippen LogP contribution in [-0.4, -0.2) is 35.5 Å². The normalized spacial score (nSPS) is 13.5. The summed E-state index contributed by atoms with van der Waals surface area (Å²) in [5, 5.41) is 6.71. The second kappa shape index (κ2) is 7.70. The van der Waals surface area contributed by atoms with Gasteiger partial charge in [-0.25, -0.2) is 4.98 Å². The number of guanidine groups is 1. The zero-order chi connectivity index (χ0) is 18.6. The van der Waals surface area contributed by atoms with E-state index in [1.807, 2.05) is 12.1 Å². The fourth-order valence-electron chi connectivity index (χ4n) is 3.40. The first-order valence-corrected chi connectivity index (χ1v) is 9.35. The third kappa shape index (κ3) is 3.89. The molecule has 0 amide bonds. The fourth-order valence-corrected chi connectivity index (χ4v) is 3.40. The maximum atomic E-state index is 5.56. The summed E-state index contributed by atoms with van der Waals surface area (Å²) in [7, 11) is 1.79. The maximum Gasteiger partial charge on any atom is 0.191 e. The molecule has 0 bridgehead atoms. The van der Waals surface area contributed by atoms with Crippen LogP contribution in [0.4, 0.5) is 0 Å². The lowest BCUT2D eigenvalue weighted by Gasteiger charge is -2.11. The van der Waals surface area contributed by atoms with Crippen molar-refractivity contribution in [3.63, 3.8) is 0 Å². The van der Waals surface area contributed by atoms with Crippen LogP contribution < -0.4 is 15.4 Å². The number of benzene rings is 1. The number of hydrogen-bond acceptors (Lipinski definition) is 3. The number of aromatic nitrogens is 2. The molecule has 0 saturated carbocycles. The van der Waals surface area contributed by atoms with Gasteiger partial charge in [-0.1, -0.05) is 18.2 Å². The van der Waals surface area contributed by atoms with Crippen molar-refractivity contribution in [3.8, 4) is 5.75 Å². The number of aryl methyl sites for hydroxylation is 1. The van der Waals surface area contributed by atoms with Crippen LogP contribution in [-0.2, 0) is 19.4 Å². The molecule has 0 atom stereocenters. The van der Waals surface area contributed by atoms with Crippen molar-refractivity contribution < 1.29 is 4.74 Å². The Morgan fingerprint density at radius 2 is 2.19 bits per heavy atom. The Bertz CT molecular complexity index is 976. The van der Waals surface area contributed by atoms with E-state index in [4.69, 9.17) is 4.74 Å². The van der Waals surface area contributed by atoms with Gasteiger partial charge in [-0.3, -0.25) is 4.99 Å². The van der Waals surface area contributed by atoms with Crippen LogP contribution in [0.15, 0.2) is 47.6 Å². The van der Waals surface area contributed by atoms with Crippen molar-refractivity contribution in [1.82, 2.24) is 20.0 Å². The van der Waals surface area contributed by atoms with Gasteiger partial charge in [0, 0.05) is 31.9 Å². The van der Waals surface area contributed by atoms with E-state index in [2.05, 4.69) is 62.4 Å². The van der Waals surface area contributed by atoms with E-state index in [9.17, 15) is 0 Å². The molecule has 0 saturated heterocycles. The van der Waals surface area contributed by atoms with Gasteiger partial charge in [-0.05, 0) is 42.7 Å². The maximum absolute atomic E-state index is 5.56. The first-order valence-electron chi connectivity index (χ1n) is 9.35. The number of pyridine rings is 1. The first kappa shape index (κ1) is 17.4.